The molecule has 0 spiro atoms. The van der Waals surface area contributed by atoms with Crippen LogP contribution in [-0.4, -0.2) is 11.1 Å². The van der Waals surface area contributed by atoms with Crippen LogP contribution in [-0.2, 0) is 4.79 Å². The summed E-state index contributed by atoms with van der Waals surface area (Å²) in [6.07, 6.45) is 6.72. The van der Waals surface area contributed by atoms with Gasteiger partial charge in [0.25, 0.3) is 0 Å². The molecule has 0 radical (unpaired) electrons. The lowest BCUT2D eigenvalue weighted by molar-refractivity contribution is -0.151. The maximum Gasteiger partial charge on any atom is 0.310 e. The van der Waals surface area contributed by atoms with E-state index in [0.29, 0.717) is 6.42 Å². The minimum absolute atomic E-state index is 0.525. The molecule has 0 unspecified atom stereocenters. The molecule has 0 aromatic carbocycles. The molecule has 1 rings (SSSR count). The molecule has 0 bridgehead atoms. The Morgan fingerprint density at radius 3 is 2.50 bits per heavy atom. The minimum Gasteiger partial charge on any atom is -0.481 e. The van der Waals surface area contributed by atoms with E-state index in [-0.39, 0.29) is 0 Å². The van der Waals surface area contributed by atoms with Crippen molar-refractivity contribution < 1.29 is 9.90 Å². The zero-order valence-corrected chi connectivity index (χ0v) is 10.4. The van der Waals surface area contributed by atoms with Crippen molar-refractivity contribution in [2.24, 2.45) is 11.3 Å². The van der Waals surface area contributed by atoms with Crippen molar-refractivity contribution in [3.05, 3.63) is 0 Å². The van der Waals surface area contributed by atoms with Gasteiger partial charge in [0.15, 0.2) is 0 Å². The van der Waals surface area contributed by atoms with E-state index in [1.807, 2.05) is 0 Å². The van der Waals surface area contributed by atoms with Crippen LogP contribution >= 0.6 is 0 Å². The fourth-order valence-corrected chi connectivity index (χ4v) is 2.65. The molecule has 90 valence electrons. The fraction of sp³-hybridized carbons (Fsp3) is 0.786. The van der Waals surface area contributed by atoms with E-state index >= 15 is 0 Å². The zero-order chi connectivity index (χ0) is 12.0. The molecule has 1 fully saturated rings. The van der Waals surface area contributed by atoms with Crippen LogP contribution in [0.4, 0.5) is 0 Å². The maximum absolute atomic E-state index is 11.4. The molecule has 1 saturated carbocycles. The van der Waals surface area contributed by atoms with Gasteiger partial charge in [0.2, 0.25) is 0 Å². The quantitative estimate of drug-likeness (QED) is 0.740. The van der Waals surface area contributed by atoms with Gasteiger partial charge in [-0.2, -0.15) is 0 Å². The number of hydrogen-bond donors (Lipinski definition) is 1. The van der Waals surface area contributed by atoms with Crippen LogP contribution in [0.25, 0.3) is 0 Å². The van der Waals surface area contributed by atoms with Gasteiger partial charge in [0.1, 0.15) is 0 Å². The Labute approximate surface area is 98.4 Å². The summed E-state index contributed by atoms with van der Waals surface area (Å²) in [6.45, 7) is 3.97. The van der Waals surface area contributed by atoms with Gasteiger partial charge in [0, 0.05) is 6.42 Å². The molecule has 0 aliphatic heterocycles. The van der Waals surface area contributed by atoms with Crippen molar-refractivity contribution >= 4 is 5.97 Å². The number of carboxylic acid groups (broad SMARTS) is 1. The highest BCUT2D eigenvalue weighted by atomic mass is 16.4. The normalized spacial score (nSPS) is 29.2. The third-order valence-corrected chi connectivity index (χ3v) is 3.82. The van der Waals surface area contributed by atoms with E-state index in [4.69, 9.17) is 0 Å². The predicted molar refractivity (Wildman–Crippen MR) is 65.0 cm³/mol. The molecule has 0 amide bonds. The van der Waals surface area contributed by atoms with Gasteiger partial charge in [-0.1, -0.05) is 19.8 Å². The van der Waals surface area contributed by atoms with E-state index in [9.17, 15) is 9.90 Å². The molecule has 1 aliphatic carbocycles. The molecule has 1 aliphatic rings. The molecule has 0 heterocycles. The van der Waals surface area contributed by atoms with Crippen molar-refractivity contribution in [3.63, 3.8) is 0 Å². The summed E-state index contributed by atoms with van der Waals surface area (Å²) in [5.41, 5.74) is -0.548. The third kappa shape index (κ3) is 3.01. The molecule has 1 N–H and O–H groups in total. The summed E-state index contributed by atoms with van der Waals surface area (Å²) in [5.74, 6) is 5.87. The van der Waals surface area contributed by atoms with Gasteiger partial charge in [-0.15, -0.1) is 11.8 Å². The van der Waals surface area contributed by atoms with Crippen LogP contribution in [0.2, 0.25) is 0 Å². The van der Waals surface area contributed by atoms with E-state index < -0.39 is 11.4 Å². The Kier molecular flexibility index (Phi) is 4.86. The molecular weight excluding hydrogens is 200 g/mol. The standard InChI is InChI=1S/C14H22O2/c1-3-5-9-14(13(15)16)10-7-12(6-4-2)8-11-14/h12H,4,6-11H2,1-2H3,(H,15,16). The van der Waals surface area contributed by atoms with Crippen molar-refractivity contribution in [1.82, 2.24) is 0 Å². The van der Waals surface area contributed by atoms with Gasteiger partial charge in [-0.3, -0.25) is 4.79 Å². The maximum atomic E-state index is 11.4. The van der Waals surface area contributed by atoms with Gasteiger partial charge >= 0.3 is 5.97 Å². The van der Waals surface area contributed by atoms with Crippen LogP contribution < -0.4 is 0 Å². The van der Waals surface area contributed by atoms with Gasteiger partial charge in [-0.25, -0.2) is 0 Å². The first-order chi connectivity index (χ1) is 7.64. The Morgan fingerprint density at radius 1 is 1.44 bits per heavy atom. The smallest absolute Gasteiger partial charge is 0.310 e. The Bertz CT molecular complexity index is 288. The second kappa shape index (κ2) is 5.94. The largest absolute Gasteiger partial charge is 0.481 e. The highest BCUT2D eigenvalue weighted by molar-refractivity contribution is 5.75. The second-order valence-corrected chi connectivity index (χ2v) is 4.92. The average molecular weight is 222 g/mol. The number of aliphatic carboxylic acids is 1. The first-order valence-corrected chi connectivity index (χ1v) is 6.27. The zero-order valence-electron chi connectivity index (χ0n) is 10.4. The number of rotatable bonds is 4. The summed E-state index contributed by atoms with van der Waals surface area (Å²) in [6, 6.07) is 0. The van der Waals surface area contributed by atoms with Gasteiger partial charge in [-0.05, 0) is 38.5 Å². The lowest BCUT2D eigenvalue weighted by atomic mass is 9.68. The van der Waals surface area contributed by atoms with Gasteiger partial charge < -0.3 is 5.11 Å². The number of carboxylic acids is 1. The molecule has 2 nitrogen and oxygen atoms in total. The summed E-state index contributed by atoms with van der Waals surface area (Å²) in [7, 11) is 0. The van der Waals surface area contributed by atoms with E-state index in [0.717, 1.165) is 31.6 Å². The highest BCUT2D eigenvalue weighted by Gasteiger charge is 2.40. The van der Waals surface area contributed by atoms with Crippen LogP contribution in [0.15, 0.2) is 0 Å². The highest BCUT2D eigenvalue weighted by Crippen LogP contribution is 2.42. The molecule has 16 heavy (non-hydrogen) atoms. The number of hydrogen-bond acceptors (Lipinski definition) is 1. The first kappa shape index (κ1) is 13.1. The molecule has 0 aromatic rings. The second-order valence-electron chi connectivity index (χ2n) is 4.92. The topological polar surface area (TPSA) is 37.3 Å². The molecule has 0 saturated heterocycles. The Balaban J connectivity index is 2.61. The SMILES string of the molecule is CC#CCC1(C(=O)O)CCC(CCC)CC1. The third-order valence-electron chi connectivity index (χ3n) is 3.82. The molecule has 0 aromatic heterocycles. The van der Waals surface area contributed by atoms with Crippen molar-refractivity contribution in [1.29, 1.82) is 0 Å². The van der Waals surface area contributed by atoms with Crippen molar-refractivity contribution in [2.75, 3.05) is 0 Å². The lowest BCUT2D eigenvalue weighted by Crippen LogP contribution is -2.35. The van der Waals surface area contributed by atoms with E-state index in [2.05, 4.69) is 18.8 Å². The van der Waals surface area contributed by atoms with Crippen LogP contribution in [0.5, 0.6) is 0 Å². The van der Waals surface area contributed by atoms with Gasteiger partial charge in [0.05, 0.1) is 5.41 Å². The summed E-state index contributed by atoms with van der Waals surface area (Å²) in [4.78, 5) is 11.4. The lowest BCUT2D eigenvalue weighted by Gasteiger charge is -2.35. The first-order valence-electron chi connectivity index (χ1n) is 6.27. The molecule has 0 atom stereocenters. The Morgan fingerprint density at radius 2 is 2.06 bits per heavy atom. The van der Waals surface area contributed by atoms with Crippen LogP contribution in [0, 0.1) is 23.2 Å². The summed E-state index contributed by atoms with van der Waals surface area (Å²) >= 11 is 0. The van der Waals surface area contributed by atoms with E-state index in [1.165, 1.54) is 12.8 Å². The average Bonchev–Trinajstić information content (AvgIpc) is 2.28. The molecule has 2 heteroatoms. The summed E-state index contributed by atoms with van der Waals surface area (Å²) in [5, 5.41) is 9.36. The van der Waals surface area contributed by atoms with Crippen molar-refractivity contribution in [3.8, 4) is 11.8 Å². The fourth-order valence-electron chi connectivity index (χ4n) is 2.65. The predicted octanol–water partition coefficient (Wildman–Crippen LogP) is 3.46. The summed E-state index contributed by atoms with van der Waals surface area (Å²) < 4.78 is 0. The molecular formula is C14H22O2. The number of carbonyl (C=O) groups is 1. The van der Waals surface area contributed by atoms with Crippen molar-refractivity contribution in [2.45, 2.75) is 58.8 Å². The monoisotopic (exact) mass is 222 g/mol. The van der Waals surface area contributed by atoms with E-state index in [1.54, 1.807) is 6.92 Å². The van der Waals surface area contributed by atoms with Crippen LogP contribution in [0.1, 0.15) is 58.8 Å². The minimum atomic E-state index is -0.648. The Hall–Kier alpha value is -0.970. The van der Waals surface area contributed by atoms with Crippen LogP contribution in [0.3, 0.4) is 0 Å².